The molecule has 3 heterocycles. The number of rotatable bonds is 4. The van der Waals surface area contributed by atoms with E-state index in [0.29, 0.717) is 40.5 Å². The predicted molar refractivity (Wildman–Crippen MR) is 94.9 cm³/mol. The van der Waals surface area contributed by atoms with Crippen LogP contribution in [-0.4, -0.2) is 37.9 Å². The van der Waals surface area contributed by atoms with Crippen molar-refractivity contribution < 1.29 is 4.74 Å². The Morgan fingerprint density at radius 1 is 1.28 bits per heavy atom. The molecule has 0 amide bonds. The smallest absolute Gasteiger partial charge is 0.262 e. The normalized spacial score (nSPS) is 11.4. The number of pyridine rings is 1. The van der Waals surface area contributed by atoms with Crippen molar-refractivity contribution in [2.75, 3.05) is 13.7 Å². The van der Waals surface area contributed by atoms with Gasteiger partial charge in [0.05, 0.1) is 23.2 Å². The van der Waals surface area contributed by atoms with E-state index in [1.54, 1.807) is 40.6 Å². The van der Waals surface area contributed by atoms with E-state index >= 15 is 0 Å². The molecule has 25 heavy (non-hydrogen) atoms. The van der Waals surface area contributed by atoms with Crippen molar-refractivity contribution in [3.8, 4) is 11.3 Å². The molecule has 0 N–H and O–H groups in total. The first-order valence-electron chi connectivity index (χ1n) is 7.67. The highest BCUT2D eigenvalue weighted by Gasteiger charge is 2.17. The first kappa shape index (κ1) is 15.7. The number of nitrogens with zero attached hydrogens (tertiary/aromatic N) is 5. The number of hydrogen-bond acceptors (Lipinski definition) is 5. The third-order valence-electron chi connectivity index (χ3n) is 3.98. The Kier molecular flexibility index (Phi) is 3.95. The molecular weight excluding hydrogens is 342 g/mol. The number of halogens is 1. The van der Waals surface area contributed by atoms with E-state index in [1.807, 2.05) is 12.1 Å². The zero-order chi connectivity index (χ0) is 17.4. The second-order valence-electron chi connectivity index (χ2n) is 5.51. The third kappa shape index (κ3) is 2.67. The van der Waals surface area contributed by atoms with Crippen molar-refractivity contribution in [2.45, 2.75) is 6.54 Å². The molecular formula is C17H14ClN5O2. The highest BCUT2D eigenvalue weighted by Crippen LogP contribution is 2.27. The summed E-state index contributed by atoms with van der Waals surface area (Å²) in [4.78, 5) is 21.7. The van der Waals surface area contributed by atoms with Crippen LogP contribution in [0.15, 0.2) is 47.7 Å². The zero-order valence-electron chi connectivity index (χ0n) is 13.4. The van der Waals surface area contributed by atoms with Crippen LogP contribution >= 0.6 is 11.6 Å². The molecule has 0 radical (unpaired) electrons. The molecule has 0 unspecified atom stereocenters. The topological polar surface area (TPSA) is 74.3 Å². The van der Waals surface area contributed by atoms with Gasteiger partial charge in [0.2, 0.25) is 0 Å². The quantitative estimate of drug-likeness (QED) is 0.562. The van der Waals surface area contributed by atoms with Gasteiger partial charge in [-0.3, -0.25) is 4.79 Å². The maximum atomic E-state index is 13.1. The lowest BCUT2D eigenvalue weighted by atomic mass is 10.1. The zero-order valence-corrected chi connectivity index (χ0v) is 14.1. The van der Waals surface area contributed by atoms with Gasteiger partial charge >= 0.3 is 0 Å². The molecule has 126 valence electrons. The van der Waals surface area contributed by atoms with Crippen LogP contribution < -0.4 is 5.56 Å². The second kappa shape index (κ2) is 6.27. The predicted octanol–water partition coefficient (Wildman–Crippen LogP) is 2.41. The van der Waals surface area contributed by atoms with Crippen molar-refractivity contribution in [3.63, 3.8) is 0 Å². The highest BCUT2D eigenvalue weighted by atomic mass is 35.5. The van der Waals surface area contributed by atoms with Crippen molar-refractivity contribution in [1.29, 1.82) is 0 Å². The van der Waals surface area contributed by atoms with Crippen LogP contribution in [0.1, 0.15) is 0 Å². The molecule has 0 saturated heterocycles. The summed E-state index contributed by atoms with van der Waals surface area (Å²) in [6, 6.07) is 9.09. The summed E-state index contributed by atoms with van der Waals surface area (Å²) in [7, 11) is 1.60. The first-order valence-corrected chi connectivity index (χ1v) is 8.04. The molecule has 0 bridgehead atoms. The Morgan fingerprint density at radius 2 is 2.16 bits per heavy atom. The third-order valence-corrected chi connectivity index (χ3v) is 4.21. The van der Waals surface area contributed by atoms with Gasteiger partial charge in [-0.25, -0.2) is 4.98 Å². The van der Waals surface area contributed by atoms with E-state index in [2.05, 4.69) is 15.1 Å². The monoisotopic (exact) mass is 355 g/mol. The van der Waals surface area contributed by atoms with Crippen molar-refractivity contribution in [2.24, 2.45) is 0 Å². The number of aromatic nitrogens is 5. The van der Waals surface area contributed by atoms with Crippen LogP contribution in [0.4, 0.5) is 0 Å². The molecule has 0 saturated carbocycles. The van der Waals surface area contributed by atoms with Gasteiger partial charge < -0.3 is 9.30 Å². The molecule has 0 aliphatic carbocycles. The minimum Gasteiger partial charge on any atom is -0.383 e. The lowest BCUT2D eigenvalue weighted by Gasteiger charge is -2.11. The number of ether oxygens (including phenoxy) is 1. The number of fused-ring (bicyclic) bond motifs is 2. The highest BCUT2D eigenvalue weighted by molar-refractivity contribution is 6.30. The molecule has 0 aliphatic rings. The van der Waals surface area contributed by atoms with E-state index in [9.17, 15) is 4.79 Å². The van der Waals surface area contributed by atoms with E-state index in [1.165, 1.54) is 6.33 Å². The first-order chi connectivity index (χ1) is 12.2. The van der Waals surface area contributed by atoms with Gasteiger partial charge in [-0.2, -0.15) is 14.6 Å². The van der Waals surface area contributed by atoms with Gasteiger partial charge in [0.15, 0.2) is 0 Å². The maximum Gasteiger partial charge on any atom is 0.262 e. The largest absolute Gasteiger partial charge is 0.383 e. The minimum atomic E-state index is -0.158. The molecule has 7 nitrogen and oxygen atoms in total. The standard InChI is InChI=1S/C17H14ClN5O2/c1-25-8-7-22-6-5-13-14(16(22)24)15(11-3-2-4-12(18)9-11)23-17(21-13)19-10-20-23/h2-6,9-10H,7-8H2,1H3. The Labute approximate surface area is 147 Å². The fourth-order valence-electron chi connectivity index (χ4n) is 2.83. The van der Waals surface area contributed by atoms with Crippen LogP contribution in [0.2, 0.25) is 5.02 Å². The van der Waals surface area contributed by atoms with Crippen LogP contribution in [0, 0.1) is 0 Å². The Bertz CT molecular complexity index is 1130. The molecule has 0 spiro atoms. The van der Waals surface area contributed by atoms with Gasteiger partial charge in [0, 0.05) is 30.4 Å². The van der Waals surface area contributed by atoms with E-state index in [0.717, 1.165) is 5.56 Å². The van der Waals surface area contributed by atoms with Crippen LogP contribution in [0.25, 0.3) is 27.9 Å². The fourth-order valence-corrected chi connectivity index (χ4v) is 3.02. The summed E-state index contributed by atoms with van der Waals surface area (Å²) >= 11 is 6.15. The van der Waals surface area contributed by atoms with Gasteiger partial charge in [-0.15, -0.1) is 0 Å². The molecule has 3 aromatic heterocycles. The Hall–Kier alpha value is -2.77. The molecule has 4 rings (SSSR count). The number of methoxy groups -OCH3 is 1. The SMILES string of the molecule is COCCn1ccc2nc3ncnn3c(-c3cccc(Cl)c3)c2c1=O. The average molecular weight is 356 g/mol. The van der Waals surface area contributed by atoms with Crippen molar-refractivity contribution >= 4 is 28.3 Å². The van der Waals surface area contributed by atoms with Crippen LogP contribution in [0.5, 0.6) is 0 Å². The molecule has 8 heteroatoms. The molecule has 0 fully saturated rings. The molecule has 4 aromatic rings. The maximum absolute atomic E-state index is 13.1. The summed E-state index contributed by atoms with van der Waals surface area (Å²) < 4.78 is 8.25. The Morgan fingerprint density at radius 3 is 2.96 bits per heavy atom. The minimum absolute atomic E-state index is 0.158. The number of hydrogen-bond donors (Lipinski definition) is 0. The van der Waals surface area contributed by atoms with E-state index < -0.39 is 0 Å². The average Bonchev–Trinajstić information content (AvgIpc) is 3.07. The summed E-state index contributed by atoms with van der Waals surface area (Å²) in [6.07, 6.45) is 3.13. The van der Waals surface area contributed by atoms with E-state index in [-0.39, 0.29) is 5.56 Å². The lowest BCUT2D eigenvalue weighted by Crippen LogP contribution is -2.23. The number of benzene rings is 1. The molecule has 0 atom stereocenters. The summed E-state index contributed by atoms with van der Waals surface area (Å²) in [5.41, 5.74) is 1.80. The van der Waals surface area contributed by atoms with Crippen molar-refractivity contribution in [3.05, 3.63) is 58.2 Å². The van der Waals surface area contributed by atoms with E-state index in [4.69, 9.17) is 16.3 Å². The lowest BCUT2D eigenvalue weighted by molar-refractivity contribution is 0.186. The summed E-state index contributed by atoms with van der Waals surface area (Å²) in [5, 5.41) is 5.28. The van der Waals surface area contributed by atoms with Gasteiger partial charge in [-0.1, -0.05) is 23.7 Å². The second-order valence-corrected chi connectivity index (χ2v) is 5.95. The van der Waals surface area contributed by atoms with Gasteiger partial charge in [-0.05, 0) is 18.2 Å². The van der Waals surface area contributed by atoms with Crippen molar-refractivity contribution in [1.82, 2.24) is 24.1 Å². The van der Waals surface area contributed by atoms with Gasteiger partial charge in [0.25, 0.3) is 11.3 Å². The molecule has 1 aromatic carbocycles. The van der Waals surface area contributed by atoms with Crippen LogP contribution in [0.3, 0.4) is 0 Å². The fraction of sp³-hybridized carbons (Fsp3) is 0.176. The Balaban J connectivity index is 2.11. The summed E-state index contributed by atoms with van der Waals surface area (Å²) in [5.74, 6) is 0.427. The van der Waals surface area contributed by atoms with Crippen LogP contribution in [-0.2, 0) is 11.3 Å². The summed E-state index contributed by atoms with van der Waals surface area (Å²) in [6.45, 7) is 0.895. The van der Waals surface area contributed by atoms with Gasteiger partial charge in [0.1, 0.15) is 6.33 Å². The molecule has 0 aliphatic heterocycles.